The number of benzene rings is 1. The molecule has 1 amide bonds. The maximum atomic E-state index is 11.6. The van der Waals surface area contributed by atoms with Gasteiger partial charge in [-0.05, 0) is 18.2 Å². The van der Waals surface area contributed by atoms with Crippen molar-refractivity contribution in [3.05, 3.63) is 22.7 Å². The van der Waals surface area contributed by atoms with Crippen LogP contribution in [0.3, 0.4) is 0 Å². The highest BCUT2D eigenvalue weighted by atomic mass is 79.9. The molecular formula is C12H12BrN3O3S. The lowest BCUT2D eigenvalue weighted by molar-refractivity contribution is -0.133. The van der Waals surface area contributed by atoms with Gasteiger partial charge in [-0.25, -0.2) is 4.98 Å². The highest BCUT2D eigenvalue weighted by Crippen LogP contribution is 2.26. The summed E-state index contributed by atoms with van der Waals surface area (Å²) < 4.78 is 2.60. The SMILES string of the molecule is CNC(=O)Cn1c(SCC(=O)O)nc2cc(Br)ccc21. The van der Waals surface area contributed by atoms with Gasteiger partial charge in [-0.15, -0.1) is 0 Å². The number of carbonyl (C=O) groups excluding carboxylic acids is 1. The highest BCUT2D eigenvalue weighted by molar-refractivity contribution is 9.10. The minimum atomic E-state index is -0.922. The average molecular weight is 358 g/mol. The maximum Gasteiger partial charge on any atom is 0.313 e. The van der Waals surface area contributed by atoms with Crippen molar-refractivity contribution >= 4 is 50.6 Å². The molecule has 1 aromatic heterocycles. The topological polar surface area (TPSA) is 84.2 Å². The van der Waals surface area contributed by atoms with Crippen molar-refractivity contribution in [3.8, 4) is 0 Å². The number of halogens is 1. The number of thioether (sulfide) groups is 1. The first-order valence-corrected chi connectivity index (χ1v) is 7.50. The molecule has 2 N–H and O–H groups in total. The number of rotatable bonds is 5. The fourth-order valence-corrected chi connectivity index (χ4v) is 2.78. The van der Waals surface area contributed by atoms with E-state index in [1.807, 2.05) is 18.2 Å². The number of likely N-dealkylation sites (N-methyl/N-ethyl adjacent to an activating group) is 1. The normalized spacial score (nSPS) is 10.7. The molecule has 1 aromatic carbocycles. The summed E-state index contributed by atoms with van der Waals surface area (Å²) in [5.74, 6) is -1.18. The summed E-state index contributed by atoms with van der Waals surface area (Å²) in [5, 5.41) is 11.8. The molecule has 0 fully saturated rings. The van der Waals surface area contributed by atoms with E-state index < -0.39 is 5.97 Å². The quantitative estimate of drug-likeness (QED) is 0.796. The van der Waals surface area contributed by atoms with Gasteiger partial charge in [0, 0.05) is 11.5 Å². The van der Waals surface area contributed by atoms with Crippen LogP contribution in [0, 0.1) is 0 Å². The average Bonchev–Trinajstić information content (AvgIpc) is 2.73. The fourth-order valence-electron chi connectivity index (χ4n) is 1.69. The van der Waals surface area contributed by atoms with Crippen LogP contribution >= 0.6 is 27.7 Å². The first-order chi connectivity index (χ1) is 9.51. The van der Waals surface area contributed by atoms with Crippen molar-refractivity contribution in [2.45, 2.75) is 11.7 Å². The third-order valence-electron chi connectivity index (χ3n) is 2.58. The van der Waals surface area contributed by atoms with Crippen LogP contribution in [0.1, 0.15) is 0 Å². The van der Waals surface area contributed by atoms with E-state index in [0.29, 0.717) is 5.16 Å². The number of carboxylic acid groups (broad SMARTS) is 1. The molecule has 0 spiro atoms. The lowest BCUT2D eigenvalue weighted by Crippen LogP contribution is -2.23. The van der Waals surface area contributed by atoms with Crippen LogP contribution in [0.4, 0.5) is 0 Å². The number of hydrogen-bond donors (Lipinski definition) is 2. The fraction of sp³-hybridized carbons (Fsp3) is 0.250. The molecule has 6 nitrogen and oxygen atoms in total. The Morgan fingerprint density at radius 1 is 1.50 bits per heavy atom. The van der Waals surface area contributed by atoms with Crippen molar-refractivity contribution in [1.82, 2.24) is 14.9 Å². The number of carbonyl (C=O) groups is 2. The number of aromatic nitrogens is 2. The third-order valence-corrected chi connectivity index (χ3v) is 4.03. The second kappa shape index (κ2) is 6.27. The zero-order valence-electron chi connectivity index (χ0n) is 10.6. The third kappa shape index (κ3) is 3.31. The molecule has 1 heterocycles. The molecule has 8 heteroatoms. The Kier molecular flexibility index (Phi) is 4.66. The monoisotopic (exact) mass is 357 g/mol. The highest BCUT2D eigenvalue weighted by Gasteiger charge is 2.15. The van der Waals surface area contributed by atoms with Gasteiger partial charge in [0.2, 0.25) is 5.91 Å². The number of carboxylic acids is 1. The summed E-state index contributed by atoms with van der Waals surface area (Å²) in [6.07, 6.45) is 0. The van der Waals surface area contributed by atoms with Gasteiger partial charge in [-0.2, -0.15) is 0 Å². The standard InChI is InChI=1S/C12H12BrN3O3S/c1-14-10(17)5-16-9-3-2-7(13)4-8(9)15-12(16)20-6-11(18)19/h2-4H,5-6H2,1H3,(H,14,17)(H,18,19). The Labute approximate surface area is 127 Å². The number of imidazole rings is 1. The summed E-state index contributed by atoms with van der Waals surface area (Å²) in [5.41, 5.74) is 1.51. The molecule has 0 saturated carbocycles. The first-order valence-electron chi connectivity index (χ1n) is 5.72. The Balaban J connectivity index is 2.44. The van der Waals surface area contributed by atoms with Gasteiger partial charge >= 0.3 is 5.97 Å². The molecule has 0 saturated heterocycles. The van der Waals surface area contributed by atoms with Gasteiger partial charge in [-0.1, -0.05) is 27.7 Å². The van der Waals surface area contributed by atoms with Crippen LogP contribution in [-0.2, 0) is 16.1 Å². The largest absolute Gasteiger partial charge is 0.481 e. The van der Waals surface area contributed by atoms with Crippen molar-refractivity contribution < 1.29 is 14.7 Å². The number of nitrogens with one attached hydrogen (secondary N) is 1. The molecule has 0 bridgehead atoms. The van der Waals surface area contributed by atoms with E-state index in [0.717, 1.165) is 27.3 Å². The number of aliphatic carboxylic acids is 1. The van der Waals surface area contributed by atoms with E-state index >= 15 is 0 Å². The zero-order chi connectivity index (χ0) is 14.7. The van der Waals surface area contributed by atoms with Crippen molar-refractivity contribution in [2.24, 2.45) is 0 Å². The lowest BCUT2D eigenvalue weighted by atomic mass is 10.3. The Morgan fingerprint density at radius 3 is 2.90 bits per heavy atom. The second-order valence-electron chi connectivity index (χ2n) is 3.97. The Bertz CT molecular complexity index is 671. The van der Waals surface area contributed by atoms with Gasteiger partial charge in [-0.3, -0.25) is 9.59 Å². The molecular weight excluding hydrogens is 346 g/mol. The lowest BCUT2D eigenvalue weighted by Gasteiger charge is -2.07. The zero-order valence-corrected chi connectivity index (χ0v) is 13.0. The summed E-state index contributed by atoms with van der Waals surface area (Å²) in [7, 11) is 1.56. The smallest absolute Gasteiger partial charge is 0.313 e. The van der Waals surface area contributed by atoms with E-state index in [4.69, 9.17) is 5.11 Å². The van der Waals surface area contributed by atoms with Gasteiger partial charge in [0.05, 0.1) is 16.8 Å². The Hall–Kier alpha value is -1.54. The molecule has 0 unspecified atom stereocenters. The van der Waals surface area contributed by atoms with E-state index in [1.165, 1.54) is 0 Å². The molecule has 2 aromatic rings. The van der Waals surface area contributed by atoms with Gasteiger partial charge < -0.3 is 15.0 Å². The van der Waals surface area contributed by atoms with Crippen LogP contribution in [0.2, 0.25) is 0 Å². The molecule has 2 rings (SSSR count). The second-order valence-corrected chi connectivity index (χ2v) is 5.83. The summed E-state index contributed by atoms with van der Waals surface area (Å²) in [4.78, 5) is 26.7. The van der Waals surface area contributed by atoms with Crippen LogP contribution in [0.15, 0.2) is 27.8 Å². The van der Waals surface area contributed by atoms with E-state index in [1.54, 1.807) is 11.6 Å². The number of nitrogens with zero attached hydrogens (tertiary/aromatic N) is 2. The van der Waals surface area contributed by atoms with Crippen molar-refractivity contribution in [3.63, 3.8) is 0 Å². The van der Waals surface area contributed by atoms with Gasteiger partial charge in [0.1, 0.15) is 6.54 Å². The van der Waals surface area contributed by atoms with E-state index in [2.05, 4.69) is 26.2 Å². The Morgan fingerprint density at radius 2 is 2.25 bits per heavy atom. The summed E-state index contributed by atoms with van der Waals surface area (Å²) in [6, 6.07) is 5.54. The molecule has 0 aliphatic carbocycles. The van der Waals surface area contributed by atoms with Crippen molar-refractivity contribution in [2.75, 3.05) is 12.8 Å². The first kappa shape index (κ1) is 14.9. The number of fused-ring (bicyclic) bond motifs is 1. The number of hydrogen-bond acceptors (Lipinski definition) is 4. The van der Waals surface area contributed by atoms with Crippen LogP contribution < -0.4 is 5.32 Å². The van der Waals surface area contributed by atoms with Crippen molar-refractivity contribution in [1.29, 1.82) is 0 Å². The van der Waals surface area contributed by atoms with Crippen LogP contribution in [-0.4, -0.2) is 39.3 Å². The number of amides is 1. The summed E-state index contributed by atoms with van der Waals surface area (Å²) in [6.45, 7) is 0.108. The minimum absolute atomic E-state index is 0.0990. The predicted molar refractivity (Wildman–Crippen MR) is 79.9 cm³/mol. The predicted octanol–water partition coefficient (Wildman–Crippen LogP) is 1.72. The molecule has 0 radical (unpaired) electrons. The summed E-state index contributed by atoms with van der Waals surface area (Å²) >= 11 is 4.46. The molecule has 20 heavy (non-hydrogen) atoms. The van der Waals surface area contributed by atoms with Gasteiger partial charge in [0.15, 0.2) is 5.16 Å². The van der Waals surface area contributed by atoms with Gasteiger partial charge in [0.25, 0.3) is 0 Å². The van der Waals surface area contributed by atoms with Crippen LogP contribution in [0.25, 0.3) is 11.0 Å². The van der Waals surface area contributed by atoms with E-state index in [-0.39, 0.29) is 18.2 Å². The maximum absolute atomic E-state index is 11.6. The molecule has 0 atom stereocenters. The molecule has 0 aliphatic rings. The van der Waals surface area contributed by atoms with E-state index in [9.17, 15) is 9.59 Å². The molecule has 106 valence electrons. The minimum Gasteiger partial charge on any atom is -0.481 e. The molecule has 0 aliphatic heterocycles. The van der Waals surface area contributed by atoms with Crippen LogP contribution in [0.5, 0.6) is 0 Å².